The van der Waals surface area contributed by atoms with E-state index in [4.69, 9.17) is 0 Å². The molecule has 174 valence electrons. The Balaban J connectivity index is 1.82. The number of nitrogens with zero attached hydrogens (tertiary/aromatic N) is 1. The van der Waals surface area contributed by atoms with Gasteiger partial charge < -0.3 is 5.32 Å². The number of anilines is 2. The third-order valence-electron chi connectivity index (χ3n) is 6.36. The number of carbonyl (C=O) groups is 2. The highest BCUT2D eigenvalue weighted by Gasteiger charge is 2.40. The summed E-state index contributed by atoms with van der Waals surface area (Å²) in [4.78, 5) is 28.7. The Bertz CT molecular complexity index is 1300. The number of nitrogens with one attached hydrogen (secondary N) is 1. The van der Waals surface area contributed by atoms with E-state index in [1.807, 2.05) is 76.2 Å². The Kier molecular flexibility index (Phi) is 5.94. The van der Waals surface area contributed by atoms with Crippen LogP contribution in [0.3, 0.4) is 0 Å². The number of imide groups is 1. The summed E-state index contributed by atoms with van der Waals surface area (Å²) in [5, 5.41) is 3.28. The first kappa shape index (κ1) is 23.5. The predicted octanol–water partition coefficient (Wildman–Crippen LogP) is 6.61. The van der Waals surface area contributed by atoms with Gasteiger partial charge in [0.1, 0.15) is 5.70 Å². The van der Waals surface area contributed by atoms with E-state index >= 15 is 0 Å². The summed E-state index contributed by atoms with van der Waals surface area (Å²) in [6, 6.07) is 19.7. The topological polar surface area (TPSA) is 49.4 Å². The molecule has 3 aromatic carbocycles. The molecule has 3 aromatic rings. The predicted molar refractivity (Wildman–Crippen MR) is 140 cm³/mol. The zero-order chi connectivity index (χ0) is 24.8. The first-order chi connectivity index (χ1) is 16.0. The van der Waals surface area contributed by atoms with Crippen molar-refractivity contribution in [3.05, 3.63) is 99.7 Å². The van der Waals surface area contributed by atoms with Crippen LogP contribution in [-0.2, 0) is 15.0 Å². The van der Waals surface area contributed by atoms with Gasteiger partial charge in [-0.2, -0.15) is 0 Å². The third kappa shape index (κ3) is 4.41. The van der Waals surface area contributed by atoms with Crippen LogP contribution in [0.15, 0.2) is 66.4 Å². The molecule has 0 atom stereocenters. The Morgan fingerprint density at radius 3 is 1.88 bits per heavy atom. The fraction of sp³-hybridized carbons (Fsp3) is 0.267. The molecule has 0 bridgehead atoms. The number of amides is 2. The summed E-state index contributed by atoms with van der Waals surface area (Å²) in [5.41, 5.74) is 8.24. The summed E-state index contributed by atoms with van der Waals surface area (Å²) in [6.45, 7) is 14.5. The van der Waals surface area contributed by atoms with Gasteiger partial charge in [0.05, 0.1) is 11.3 Å². The molecule has 0 unspecified atom stereocenters. The van der Waals surface area contributed by atoms with Crippen molar-refractivity contribution in [1.82, 2.24) is 0 Å². The molecule has 0 radical (unpaired) electrons. The van der Waals surface area contributed by atoms with Gasteiger partial charge in [0.25, 0.3) is 11.8 Å². The fourth-order valence-corrected chi connectivity index (χ4v) is 4.32. The molecule has 34 heavy (non-hydrogen) atoms. The highest BCUT2D eigenvalue weighted by Crippen LogP contribution is 2.35. The molecule has 1 heterocycles. The van der Waals surface area contributed by atoms with Crippen LogP contribution < -0.4 is 10.2 Å². The van der Waals surface area contributed by atoms with E-state index in [1.165, 1.54) is 10.5 Å². The molecule has 0 saturated heterocycles. The highest BCUT2D eigenvalue weighted by molar-refractivity contribution is 6.46. The molecule has 2 amide bonds. The minimum absolute atomic E-state index is 0.0291. The van der Waals surface area contributed by atoms with Gasteiger partial charge in [-0.05, 0) is 90.8 Å². The van der Waals surface area contributed by atoms with Gasteiger partial charge in [0, 0.05) is 5.69 Å². The molecule has 4 nitrogen and oxygen atoms in total. The smallest absolute Gasteiger partial charge is 0.282 e. The highest BCUT2D eigenvalue weighted by atomic mass is 16.2. The molecular weight excluding hydrogens is 420 g/mol. The van der Waals surface area contributed by atoms with Gasteiger partial charge in [0.2, 0.25) is 0 Å². The molecule has 1 N–H and O–H groups in total. The van der Waals surface area contributed by atoms with Crippen LogP contribution >= 0.6 is 0 Å². The van der Waals surface area contributed by atoms with Crippen molar-refractivity contribution in [3.8, 4) is 0 Å². The van der Waals surface area contributed by atoms with Crippen LogP contribution in [0, 0.1) is 27.7 Å². The average molecular weight is 453 g/mol. The second kappa shape index (κ2) is 8.60. The van der Waals surface area contributed by atoms with E-state index in [1.54, 1.807) is 0 Å². The lowest BCUT2D eigenvalue weighted by molar-refractivity contribution is -0.120. The van der Waals surface area contributed by atoms with Gasteiger partial charge in [-0.1, -0.05) is 57.2 Å². The molecule has 1 aliphatic rings. The Morgan fingerprint density at radius 2 is 1.32 bits per heavy atom. The van der Waals surface area contributed by atoms with Crippen LogP contribution in [0.5, 0.6) is 0 Å². The van der Waals surface area contributed by atoms with Crippen molar-refractivity contribution in [2.75, 3.05) is 10.2 Å². The van der Waals surface area contributed by atoms with E-state index in [-0.39, 0.29) is 17.2 Å². The molecule has 0 spiro atoms. The molecule has 4 heteroatoms. The number of hydrogen-bond acceptors (Lipinski definition) is 3. The molecule has 4 rings (SSSR count). The molecule has 0 aliphatic carbocycles. The molecule has 0 aromatic heterocycles. The SMILES string of the molecule is Cc1cc(C)cc(N2C(=O)C(Nc3ccc(C(C)(C)C)cc3)=C(c3ccc(C)c(C)c3)C2=O)c1. The zero-order valence-electron chi connectivity index (χ0n) is 21.0. The maximum absolute atomic E-state index is 13.7. The number of carbonyl (C=O) groups excluding carboxylic acids is 2. The zero-order valence-corrected chi connectivity index (χ0v) is 21.0. The van der Waals surface area contributed by atoms with Crippen molar-refractivity contribution < 1.29 is 9.59 Å². The fourth-order valence-electron chi connectivity index (χ4n) is 4.32. The van der Waals surface area contributed by atoms with E-state index in [9.17, 15) is 9.59 Å². The number of aryl methyl sites for hydroxylation is 4. The minimum Gasteiger partial charge on any atom is -0.350 e. The second-order valence-electron chi connectivity index (χ2n) is 10.3. The first-order valence-corrected chi connectivity index (χ1v) is 11.6. The van der Waals surface area contributed by atoms with Crippen molar-refractivity contribution in [3.63, 3.8) is 0 Å². The van der Waals surface area contributed by atoms with Gasteiger partial charge >= 0.3 is 0 Å². The maximum Gasteiger partial charge on any atom is 0.282 e. The lowest BCUT2D eigenvalue weighted by Gasteiger charge is -2.19. The van der Waals surface area contributed by atoms with Crippen molar-refractivity contribution >= 4 is 28.8 Å². The minimum atomic E-state index is -0.344. The second-order valence-corrected chi connectivity index (χ2v) is 10.3. The van der Waals surface area contributed by atoms with Crippen LogP contribution in [0.25, 0.3) is 5.57 Å². The van der Waals surface area contributed by atoms with E-state index in [2.05, 4.69) is 38.2 Å². The van der Waals surface area contributed by atoms with Gasteiger partial charge in [-0.3, -0.25) is 9.59 Å². The van der Waals surface area contributed by atoms with E-state index in [0.717, 1.165) is 33.5 Å². The van der Waals surface area contributed by atoms with Crippen LogP contribution in [0.2, 0.25) is 0 Å². The lowest BCUT2D eigenvalue weighted by atomic mass is 9.87. The lowest BCUT2D eigenvalue weighted by Crippen LogP contribution is -2.32. The Morgan fingerprint density at radius 1 is 0.706 bits per heavy atom. The van der Waals surface area contributed by atoms with Gasteiger partial charge in [0.15, 0.2) is 0 Å². The van der Waals surface area contributed by atoms with Crippen molar-refractivity contribution in [2.24, 2.45) is 0 Å². The molecule has 1 aliphatic heterocycles. The summed E-state index contributed by atoms with van der Waals surface area (Å²) in [6.07, 6.45) is 0. The summed E-state index contributed by atoms with van der Waals surface area (Å²) < 4.78 is 0. The third-order valence-corrected chi connectivity index (χ3v) is 6.36. The van der Waals surface area contributed by atoms with E-state index < -0.39 is 0 Å². The summed E-state index contributed by atoms with van der Waals surface area (Å²) in [7, 11) is 0. The number of hydrogen-bond donors (Lipinski definition) is 1. The van der Waals surface area contributed by atoms with Crippen LogP contribution in [0.1, 0.15) is 54.2 Å². The largest absolute Gasteiger partial charge is 0.350 e. The monoisotopic (exact) mass is 452 g/mol. The van der Waals surface area contributed by atoms with Crippen molar-refractivity contribution in [1.29, 1.82) is 0 Å². The molecule has 0 fully saturated rings. The first-order valence-electron chi connectivity index (χ1n) is 11.6. The maximum atomic E-state index is 13.7. The molecule has 0 saturated carbocycles. The number of rotatable bonds is 4. The van der Waals surface area contributed by atoms with Crippen molar-refractivity contribution in [2.45, 2.75) is 53.9 Å². The number of benzene rings is 3. The summed E-state index contributed by atoms with van der Waals surface area (Å²) >= 11 is 0. The van der Waals surface area contributed by atoms with Gasteiger partial charge in [-0.25, -0.2) is 4.90 Å². The Labute approximate surface area is 202 Å². The quantitative estimate of drug-likeness (QED) is 0.453. The molecular formula is C30H32N2O2. The summed E-state index contributed by atoms with van der Waals surface area (Å²) in [5.74, 6) is -0.657. The normalized spacial score (nSPS) is 14.3. The van der Waals surface area contributed by atoms with Crippen LogP contribution in [-0.4, -0.2) is 11.8 Å². The average Bonchev–Trinajstić information content (AvgIpc) is 2.98. The van der Waals surface area contributed by atoms with E-state index in [0.29, 0.717) is 17.0 Å². The van der Waals surface area contributed by atoms with Crippen LogP contribution in [0.4, 0.5) is 11.4 Å². The Hall–Kier alpha value is -3.66. The van der Waals surface area contributed by atoms with Gasteiger partial charge in [-0.15, -0.1) is 0 Å². The standard InChI is InChI=1S/C30H32N2O2/c1-18-14-19(2)16-25(15-18)32-28(33)26(22-9-8-20(3)21(4)17-22)27(29(32)34)31-24-12-10-23(11-13-24)30(5,6)7/h8-17,31H,1-7H3.